The van der Waals surface area contributed by atoms with Crippen molar-refractivity contribution in [3.63, 3.8) is 0 Å². The Labute approximate surface area is 144 Å². The lowest BCUT2D eigenvalue weighted by atomic mass is 10.3. The molecule has 0 unspecified atom stereocenters. The van der Waals surface area contributed by atoms with Gasteiger partial charge < -0.3 is 15.4 Å². The highest BCUT2D eigenvalue weighted by atomic mass is 32.1. The second-order valence-corrected chi connectivity index (χ2v) is 6.24. The van der Waals surface area contributed by atoms with Crippen molar-refractivity contribution in [3.05, 3.63) is 52.5 Å². The van der Waals surface area contributed by atoms with Crippen LogP contribution < -0.4 is 15.4 Å². The topological polar surface area (TPSA) is 80.3 Å². The fraction of sp³-hybridized carbons (Fsp3) is 0.235. The minimum Gasteiger partial charge on any atom is -0.489 e. The number of hydrogen-bond donors (Lipinski definition) is 2. The molecule has 0 saturated carbocycles. The summed E-state index contributed by atoms with van der Waals surface area (Å²) in [6.45, 7) is 8.12. The van der Waals surface area contributed by atoms with Crippen molar-refractivity contribution in [2.45, 2.75) is 20.4 Å². The molecule has 1 aromatic heterocycles. The summed E-state index contributed by atoms with van der Waals surface area (Å²) < 4.78 is 5.50. The standard InChI is InChI=1S/C17H19N3O3S/c1-11(2)9-23-14-6-4-5-13(7-14)20-17(22)16(21)18-8-15-19-12(3)10-24-15/h4-7,10H,1,8-9H2,2-3H3,(H,18,21)(H,20,22). The number of carbonyl (C=O) groups is 2. The van der Waals surface area contributed by atoms with Gasteiger partial charge in [-0.15, -0.1) is 11.3 Å². The van der Waals surface area contributed by atoms with Gasteiger partial charge in [0.15, 0.2) is 0 Å². The van der Waals surface area contributed by atoms with Crippen LogP contribution >= 0.6 is 11.3 Å². The third kappa shape index (κ3) is 5.51. The predicted molar refractivity (Wildman–Crippen MR) is 94.1 cm³/mol. The SMILES string of the molecule is C=C(C)COc1cccc(NC(=O)C(=O)NCc2nc(C)cs2)c1. The van der Waals surface area contributed by atoms with Crippen molar-refractivity contribution >= 4 is 28.8 Å². The number of carbonyl (C=O) groups excluding carboxylic acids is 2. The fourth-order valence-corrected chi connectivity index (χ4v) is 2.49. The van der Waals surface area contributed by atoms with Crippen molar-refractivity contribution in [3.8, 4) is 5.75 Å². The molecule has 1 aromatic carbocycles. The largest absolute Gasteiger partial charge is 0.489 e. The van der Waals surface area contributed by atoms with Crippen molar-refractivity contribution in [1.82, 2.24) is 10.3 Å². The molecular formula is C17H19N3O3S. The molecule has 0 radical (unpaired) electrons. The Morgan fingerprint density at radius 1 is 1.33 bits per heavy atom. The molecule has 0 bridgehead atoms. The Morgan fingerprint density at radius 3 is 2.79 bits per heavy atom. The normalized spacial score (nSPS) is 10.1. The van der Waals surface area contributed by atoms with E-state index in [1.54, 1.807) is 24.3 Å². The summed E-state index contributed by atoms with van der Waals surface area (Å²) in [4.78, 5) is 28.0. The average molecular weight is 345 g/mol. The molecule has 2 amide bonds. The van der Waals surface area contributed by atoms with Crippen LogP contribution in [0.1, 0.15) is 17.6 Å². The van der Waals surface area contributed by atoms with Crippen molar-refractivity contribution in [1.29, 1.82) is 0 Å². The van der Waals surface area contributed by atoms with Crippen LogP contribution in [0.5, 0.6) is 5.75 Å². The zero-order chi connectivity index (χ0) is 17.5. The highest BCUT2D eigenvalue weighted by Crippen LogP contribution is 2.17. The molecule has 2 rings (SSSR count). The van der Waals surface area contributed by atoms with Gasteiger partial charge in [0.1, 0.15) is 17.4 Å². The highest BCUT2D eigenvalue weighted by molar-refractivity contribution is 7.09. The van der Waals surface area contributed by atoms with E-state index >= 15 is 0 Å². The number of nitrogens with zero attached hydrogens (tertiary/aromatic N) is 1. The molecule has 1 heterocycles. The first-order chi connectivity index (χ1) is 11.4. The van der Waals surface area contributed by atoms with Gasteiger partial charge in [0.05, 0.1) is 6.54 Å². The predicted octanol–water partition coefficient (Wildman–Crippen LogP) is 2.66. The Morgan fingerprint density at radius 2 is 2.12 bits per heavy atom. The lowest BCUT2D eigenvalue weighted by molar-refractivity contribution is -0.136. The van der Waals surface area contributed by atoms with Crippen LogP contribution in [0.2, 0.25) is 0 Å². The maximum Gasteiger partial charge on any atom is 0.313 e. The van der Waals surface area contributed by atoms with Crippen molar-refractivity contribution in [2.75, 3.05) is 11.9 Å². The van der Waals surface area contributed by atoms with E-state index in [9.17, 15) is 9.59 Å². The number of ether oxygens (including phenoxy) is 1. The number of aryl methyl sites for hydroxylation is 1. The fourth-order valence-electron chi connectivity index (χ4n) is 1.78. The summed E-state index contributed by atoms with van der Waals surface area (Å²) in [6.07, 6.45) is 0. The van der Waals surface area contributed by atoms with Gasteiger partial charge in [-0.1, -0.05) is 12.6 Å². The number of nitrogens with one attached hydrogen (secondary N) is 2. The summed E-state index contributed by atoms with van der Waals surface area (Å²) in [5.74, 6) is -0.856. The summed E-state index contributed by atoms with van der Waals surface area (Å²) in [5, 5.41) is 7.72. The van der Waals surface area contributed by atoms with Crippen LogP contribution in [-0.2, 0) is 16.1 Å². The van der Waals surface area contributed by atoms with E-state index in [2.05, 4.69) is 22.2 Å². The monoisotopic (exact) mass is 345 g/mol. The average Bonchev–Trinajstić information content (AvgIpc) is 2.96. The maximum absolute atomic E-state index is 11.9. The number of anilines is 1. The molecule has 0 aliphatic rings. The van der Waals surface area contributed by atoms with E-state index in [1.807, 2.05) is 19.2 Å². The first-order valence-electron chi connectivity index (χ1n) is 7.31. The van der Waals surface area contributed by atoms with Crippen molar-refractivity contribution < 1.29 is 14.3 Å². The summed E-state index contributed by atoms with van der Waals surface area (Å²) in [7, 11) is 0. The zero-order valence-electron chi connectivity index (χ0n) is 13.6. The van der Waals surface area contributed by atoms with Crippen LogP contribution in [0.25, 0.3) is 0 Å². The number of amides is 2. The van der Waals surface area contributed by atoms with Crippen molar-refractivity contribution in [2.24, 2.45) is 0 Å². The minimum atomic E-state index is -0.736. The molecule has 0 fully saturated rings. The summed E-state index contributed by atoms with van der Waals surface area (Å²) in [6, 6.07) is 6.84. The van der Waals surface area contributed by atoms with Crippen LogP contribution in [0.15, 0.2) is 41.8 Å². The number of hydrogen-bond acceptors (Lipinski definition) is 5. The van der Waals surface area contributed by atoms with Gasteiger partial charge in [-0.05, 0) is 31.6 Å². The second kappa shape index (κ2) is 8.26. The molecule has 0 saturated heterocycles. The van der Waals surface area contributed by atoms with Crippen LogP contribution in [0.3, 0.4) is 0 Å². The quantitative estimate of drug-likeness (QED) is 0.623. The van der Waals surface area contributed by atoms with E-state index in [0.29, 0.717) is 18.0 Å². The first kappa shape index (κ1) is 17.7. The van der Waals surface area contributed by atoms with Crippen LogP contribution in [0, 0.1) is 6.92 Å². The Balaban J connectivity index is 1.87. The van der Waals surface area contributed by atoms with Gasteiger partial charge in [0, 0.05) is 22.8 Å². The van der Waals surface area contributed by atoms with Crippen LogP contribution in [0.4, 0.5) is 5.69 Å². The number of thiazole rings is 1. The van der Waals surface area contributed by atoms with Crippen LogP contribution in [-0.4, -0.2) is 23.4 Å². The van der Waals surface area contributed by atoms with E-state index in [0.717, 1.165) is 16.3 Å². The molecule has 0 aliphatic heterocycles. The summed E-state index contributed by atoms with van der Waals surface area (Å²) >= 11 is 1.44. The molecule has 2 N–H and O–H groups in total. The van der Waals surface area contributed by atoms with E-state index < -0.39 is 11.8 Å². The highest BCUT2D eigenvalue weighted by Gasteiger charge is 2.14. The molecule has 126 valence electrons. The Bertz CT molecular complexity index is 755. The zero-order valence-corrected chi connectivity index (χ0v) is 14.4. The minimum absolute atomic E-state index is 0.229. The first-order valence-corrected chi connectivity index (χ1v) is 8.19. The smallest absolute Gasteiger partial charge is 0.313 e. The molecule has 7 heteroatoms. The molecule has 0 atom stereocenters. The van der Waals surface area contributed by atoms with Gasteiger partial charge in [0.2, 0.25) is 0 Å². The second-order valence-electron chi connectivity index (χ2n) is 5.29. The molecule has 2 aromatic rings. The molecule has 6 nitrogen and oxygen atoms in total. The van der Waals surface area contributed by atoms with Gasteiger partial charge in [-0.2, -0.15) is 0 Å². The molecule has 24 heavy (non-hydrogen) atoms. The van der Waals surface area contributed by atoms with E-state index in [1.165, 1.54) is 11.3 Å². The van der Waals surface area contributed by atoms with Gasteiger partial charge in [0.25, 0.3) is 0 Å². The molecular weight excluding hydrogens is 326 g/mol. The molecule has 0 aliphatic carbocycles. The van der Waals surface area contributed by atoms with E-state index in [-0.39, 0.29) is 6.54 Å². The third-order valence-electron chi connectivity index (χ3n) is 2.85. The summed E-state index contributed by atoms with van der Waals surface area (Å²) in [5.41, 5.74) is 2.26. The number of aromatic nitrogens is 1. The third-order valence-corrected chi connectivity index (χ3v) is 3.82. The Hall–Kier alpha value is -2.67. The van der Waals surface area contributed by atoms with Gasteiger partial charge >= 0.3 is 11.8 Å². The molecule has 0 spiro atoms. The maximum atomic E-state index is 11.9. The number of rotatable bonds is 6. The lowest BCUT2D eigenvalue weighted by Crippen LogP contribution is -2.34. The lowest BCUT2D eigenvalue weighted by Gasteiger charge is -2.09. The number of benzene rings is 1. The van der Waals surface area contributed by atoms with Gasteiger partial charge in [-0.3, -0.25) is 9.59 Å². The Kier molecular flexibility index (Phi) is 6.08. The van der Waals surface area contributed by atoms with E-state index in [4.69, 9.17) is 4.74 Å². The van der Waals surface area contributed by atoms with Gasteiger partial charge in [-0.25, -0.2) is 4.98 Å².